The molecule has 0 atom stereocenters. The van der Waals surface area contributed by atoms with Gasteiger partial charge in [-0.25, -0.2) is 19.9 Å². The Hall–Kier alpha value is -8.10. The maximum absolute atomic E-state index is 8.74. The molecule has 11 rings (SSSR count). The number of benzene rings is 6. The van der Waals surface area contributed by atoms with Crippen LogP contribution in [0.15, 0.2) is 170 Å². The first kappa shape index (κ1) is 36.4. The van der Waals surface area contributed by atoms with Crippen molar-refractivity contribution in [2.45, 2.75) is 46.9 Å². The molecule has 8 heteroatoms. The van der Waals surface area contributed by atoms with Crippen LogP contribution in [0.2, 0.25) is 0 Å². The third-order valence-corrected chi connectivity index (χ3v) is 12.0. The fraction of sp³-hybridized carbons (Fsp3) is 0.123. The molecule has 5 heterocycles. The highest BCUT2D eigenvalue weighted by Crippen LogP contribution is 2.38. The lowest BCUT2D eigenvalue weighted by Crippen LogP contribution is -2.03. The first-order valence-electron chi connectivity index (χ1n) is 23.5. The van der Waals surface area contributed by atoms with E-state index in [0.717, 1.165) is 79.2 Å². The summed E-state index contributed by atoms with van der Waals surface area (Å²) in [4.78, 5) is 19.6. The van der Waals surface area contributed by atoms with Gasteiger partial charge in [-0.1, -0.05) is 74.0 Å². The van der Waals surface area contributed by atoms with Gasteiger partial charge in [-0.05, 0) is 130 Å². The van der Waals surface area contributed by atoms with Crippen LogP contribution >= 0.6 is 0 Å². The third kappa shape index (κ3) is 7.42. The topological polar surface area (TPSA) is 79.9 Å². The van der Waals surface area contributed by atoms with E-state index < -0.39 is 6.85 Å². The molecular weight excluding hydrogens is 801 g/mol. The molecule has 8 nitrogen and oxygen atoms in total. The van der Waals surface area contributed by atoms with Gasteiger partial charge in [0.15, 0.2) is 0 Å². The number of pyridine rings is 2. The van der Waals surface area contributed by atoms with Crippen molar-refractivity contribution in [2.75, 3.05) is 0 Å². The molecule has 316 valence electrons. The fourth-order valence-corrected chi connectivity index (χ4v) is 8.91. The molecule has 0 aliphatic carbocycles. The average Bonchev–Trinajstić information content (AvgIpc) is 3.85. The molecule has 0 radical (unpaired) electrons. The quantitative estimate of drug-likeness (QED) is 0.129. The molecule has 11 aromatic rings. The number of para-hydroxylation sites is 2. The number of unbranched alkanes of at least 4 members (excludes halogenated alkanes) is 1. The molecule has 0 amide bonds. The summed E-state index contributed by atoms with van der Waals surface area (Å²) >= 11 is 0. The van der Waals surface area contributed by atoms with Gasteiger partial charge in [0.05, 0.1) is 44.8 Å². The number of hydrogen-bond acceptors (Lipinski definition) is 6. The average molecular weight is 850 g/mol. The Morgan fingerprint density at radius 1 is 0.492 bits per heavy atom. The molecule has 5 aromatic heterocycles. The first-order chi connectivity index (χ1) is 33.1. The Kier molecular flexibility index (Phi) is 9.26. The molecule has 65 heavy (non-hydrogen) atoms. The third-order valence-electron chi connectivity index (χ3n) is 12.0. The lowest BCUT2D eigenvalue weighted by molar-refractivity contribution is 0.483. The van der Waals surface area contributed by atoms with E-state index in [1.54, 1.807) is 0 Å². The largest absolute Gasteiger partial charge is 0.457 e. The molecule has 0 N–H and O–H groups in total. The Morgan fingerprint density at radius 3 is 1.52 bits per heavy atom. The molecule has 0 saturated carbocycles. The van der Waals surface area contributed by atoms with E-state index in [1.807, 2.05) is 122 Å². The van der Waals surface area contributed by atoms with Gasteiger partial charge < -0.3 is 9.47 Å². The van der Waals surface area contributed by atoms with Crippen LogP contribution in [0.5, 0.6) is 23.0 Å². The second-order valence-corrected chi connectivity index (χ2v) is 16.5. The fourth-order valence-electron chi connectivity index (χ4n) is 8.91. The van der Waals surface area contributed by atoms with Crippen molar-refractivity contribution in [2.24, 2.45) is 0 Å². The maximum atomic E-state index is 8.74. The van der Waals surface area contributed by atoms with Crippen LogP contribution in [0.4, 0.5) is 0 Å². The number of hydrogen-bond donors (Lipinski definition) is 0. The van der Waals surface area contributed by atoms with Gasteiger partial charge in [-0.3, -0.25) is 9.13 Å². The van der Waals surface area contributed by atoms with E-state index in [0.29, 0.717) is 57.6 Å². The molecular formula is C57H46N6O2. The van der Waals surface area contributed by atoms with E-state index in [2.05, 4.69) is 78.4 Å². The van der Waals surface area contributed by atoms with Crippen LogP contribution < -0.4 is 9.47 Å². The summed E-state index contributed by atoms with van der Waals surface area (Å²) in [5.41, 5.74) is 8.99. The van der Waals surface area contributed by atoms with Crippen molar-refractivity contribution in [3.63, 3.8) is 0 Å². The van der Waals surface area contributed by atoms with Gasteiger partial charge in [0.25, 0.3) is 0 Å². The lowest BCUT2D eigenvalue weighted by Gasteiger charge is -2.15. The van der Waals surface area contributed by atoms with Gasteiger partial charge in [0, 0.05) is 61.3 Å². The smallest absolute Gasteiger partial charge is 0.137 e. The minimum atomic E-state index is -2.58. The van der Waals surface area contributed by atoms with E-state index in [4.69, 9.17) is 33.5 Å². The van der Waals surface area contributed by atoms with Crippen molar-refractivity contribution >= 4 is 43.6 Å². The van der Waals surface area contributed by atoms with Crippen LogP contribution in [0, 0.1) is 20.7 Å². The number of rotatable bonds is 11. The first-order valence-corrected chi connectivity index (χ1v) is 22.0. The summed E-state index contributed by atoms with van der Waals surface area (Å²) in [5, 5.41) is 4.41. The second kappa shape index (κ2) is 16.5. The Labute approximate surface area is 381 Å². The predicted octanol–water partition coefficient (Wildman–Crippen LogP) is 14.6. The van der Waals surface area contributed by atoms with Crippen molar-refractivity contribution in [3.05, 3.63) is 193 Å². The number of nitrogens with zero attached hydrogens (tertiary/aromatic N) is 6. The van der Waals surface area contributed by atoms with Crippen molar-refractivity contribution in [1.82, 2.24) is 29.1 Å². The summed E-state index contributed by atoms with van der Waals surface area (Å²) in [5.74, 6) is 4.04. The number of aryl methyl sites for hydroxylation is 4. The van der Waals surface area contributed by atoms with E-state index in [9.17, 15) is 0 Å². The van der Waals surface area contributed by atoms with Crippen LogP contribution in [-0.2, 0) is 6.42 Å². The number of ether oxygens (including phenoxy) is 2. The summed E-state index contributed by atoms with van der Waals surface area (Å²) in [7, 11) is 0. The Bertz CT molecular complexity index is 3720. The minimum absolute atomic E-state index is 0.0872. The zero-order valence-corrected chi connectivity index (χ0v) is 36.3. The van der Waals surface area contributed by atoms with E-state index in [-0.39, 0.29) is 5.69 Å². The summed E-state index contributed by atoms with van der Waals surface area (Å²) in [6.45, 7) is 3.67. The van der Waals surface area contributed by atoms with Gasteiger partial charge in [0.2, 0.25) is 0 Å². The standard InChI is InChI=1S/C57H46N6O2/c1-5-6-19-49-57(40-14-12-16-42(33-40)65-44-23-25-48-46-18-8-10-21-51(46)63(53(48)35-44)55-31-37(3)27-29-59-55)60-38(4)56(61-49)39-13-11-15-41(32-39)64-43-22-24-47-45-17-7-9-20-50(45)62(52(47)34-43)54-30-36(2)26-28-58-54/h7-18,20-35H,5-6,19H2,1-4H3/i4D3. The van der Waals surface area contributed by atoms with Gasteiger partial charge >= 0.3 is 0 Å². The SMILES string of the molecule is [2H]C([2H])([2H])c1nc(-c2cccc(Oc3ccc4c5ccccc5n(-c5cc(C)ccn5)c4c3)c2)c(CCCC)nc1-c1cccc(Oc2ccc3c4ccccc4n(-c4cc(C)ccn4)c3c2)c1. The molecule has 0 saturated heterocycles. The number of fused-ring (bicyclic) bond motifs is 6. The van der Waals surface area contributed by atoms with Crippen LogP contribution in [0.25, 0.3) is 77.8 Å². The molecule has 0 bridgehead atoms. The van der Waals surface area contributed by atoms with Gasteiger partial charge in [0.1, 0.15) is 34.6 Å². The highest BCUT2D eigenvalue weighted by atomic mass is 16.5. The highest BCUT2D eigenvalue weighted by Gasteiger charge is 2.19. The zero-order valence-electron chi connectivity index (χ0n) is 39.3. The van der Waals surface area contributed by atoms with Crippen LogP contribution in [-0.4, -0.2) is 29.1 Å². The van der Waals surface area contributed by atoms with Crippen molar-refractivity contribution in [3.8, 4) is 57.1 Å². The maximum Gasteiger partial charge on any atom is 0.137 e. The Balaban J connectivity index is 0.947. The summed E-state index contributed by atoms with van der Waals surface area (Å²) < 4.78 is 43.7. The molecule has 0 aliphatic heterocycles. The zero-order chi connectivity index (χ0) is 46.5. The molecule has 6 aromatic carbocycles. The predicted molar refractivity (Wildman–Crippen MR) is 263 cm³/mol. The molecule has 0 unspecified atom stereocenters. The van der Waals surface area contributed by atoms with Gasteiger partial charge in [-0.2, -0.15) is 0 Å². The van der Waals surface area contributed by atoms with Gasteiger partial charge in [-0.15, -0.1) is 0 Å². The second-order valence-electron chi connectivity index (χ2n) is 16.5. The molecule has 0 spiro atoms. The monoisotopic (exact) mass is 849 g/mol. The number of aromatic nitrogens is 6. The van der Waals surface area contributed by atoms with E-state index in [1.165, 1.54) is 0 Å². The van der Waals surface area contributed by atoms with Crippen LogP contribution in [0.3, 0.4) is 0 Å². The minimum Gasteiger partial charge on any atom is -0.457 e. The van der Waals surface area contributed by atoms with E-state index >= 15 is 0 Å². The Morgan fingerprint density at radius 2 is 1.00 bits per heavy atom. The summed E-state index contributed by atoms with van der Waals surface area (Å²) in [6.07, 6.45) is 6.03. The van der Waals surface area contributed by atoms with Crippen molar-refractivity contribution < 1.29 is 13.6 Å². The normalized spacial score (nSPS) is 12.4. The molecule has 0 fully saturated rings. The molecule has 0 aliphatic rings. The summed E-state index contributed by atoms with van der Waals surface area (Å²) in [6, 6.07) is 52.0. The lowest BCUT2D eigenvalue weighted by atomic mass is 10.0. The van der Waals surface area contributed by atoms with Crippen LogP contribution in [0.1, 0.15) is 46.4 Å². The highest BCUT2D eigenvalue weighted by molar-refractivity contribution is 6.10. The van der Waals surface area contributed by atoms with Crippen molar-refractivity contribution in [1.29, 1.82) is 0 Å².